The molecule has 1 aromatic carbocycles. The van der Waals surface area contributed by atoms with Gasteiger partial charge in [-0.2, -0.15) is 0 Å². The molecule has 1 N–H and O–H groups in total. The van der Waals surface area contributed by atoms with Crippen molar-refractivity contribution < 1.29 is 22.5 Å². The Morgan fingerprint density at radius 2 is 1.90 bits per heavy atom. The quantitative estimate of drug-likeness (QED) is 0.796. The zero-order valence-corrected chi connectivity index (χ0v) is 12.4. The largest absolute Gasteiger partial charge is 0.494 e. The van der Waals surface area contributed by atoms with E-state index in [4.69, 9.17) is 9.31 Å². The molecule has 0 aliphatic carbocycles. The fourth-order valence-electron chi connectivity index (χ4n) is 1.85. The second-order valence-electron chi connectivity index (χ2n) is 5.25. The molecule has 0 bridgehead atoms. The van der Waals surface area contributed by atoms with Gasteiger partial charge in [-0.3, -0.25) is 4.79 Å². The van der Waals surface area contributed by atoms with Crippen LogP contribution >= 0.6 is 0 Å². The molecule has 20 heavy (non-hydrogen) atoms. The minimum atomic E-state index is -3.80. The molecule has 1 aliphatic heterocycles. The van der Waals surface area contributed by atoms with Crippen LogP contribution in [0.1, 0.15) is 20.8 Å². The maximum Gasteiger partial charge on any atom is 0.494 e. The second kappa shape index (κ2) is 5.19. The van der Waals surface area contributed by atoms with E-state index in [1.807, 2.05) is 18.6 Å². The summed E-state index contributed by atoms with van der Waals surface area (Å²) in [6.07, 6.45) is 0. The lowest BCUT2D eigenvalue weighted by molar-refractivity contribution is -0.117. The van der Waals surface area contributed by atoms with Gasteiger partial charge in [-0.15, -0.1) is 0 Å². The van der Waals surface area contributed by atoms with Gasteiger partial charge < -0.3 is 9.31 Å². The lowest BCUT2D eigenvalue weighted by atomic mass is 9.79. The Bertz CT molecular complexity index is 611. The maximum atomic E-state index is 11.8. The fraction of sp³-hybridized carbons (Fsp3) is 0.417. The van der Waals surface area contributed by atoms with Crippen molar-refractivity contribution >= 4 is 28.5 Å². The van der Waals surface area contributed by atoms with Crippen LogP contribution in [0.25, 0.3) is 0 Å². The van der Waals surface area contributed by atoms with Crippen LogP contribution in [0, 0.1) is 0 Å². The van der Waals surface area contributed by atoms with Crippen LogP contribution in [0.4, 0.5) is 0 Å². The Hall–Kier alpha value is -1.38. The van der Waals surface area contributed by atoms with Crippen LogP contribution in [-0.2, 0) is 24.1 Å². The third-order valence-electron chi connectivity index (χ3n) is 2.75. The number of amides is 1. The first-order valence-electron chi connectivity index (χ1n) is 6.12. The van der Waals surface area contributed by atoms with E-state index in [1.54, 1.807) is 12.1 Å². The molecule has 0 unspecified atom stereocenters. The van der Waals surface area contributed by atoms with E-state index >= 15 is 0 Å². The zero-order chi connectivity index (χ0) is 15.0. The molecule has 1 amide bonds. The number of rotatable bonds is 3. The van der Waals surface area contributed by atoms with Crippen molar-refractivity contribution in [2.24, 2.45) is 0 Å². The van der Waals surface area contributed by atoms with E-state index < -0.39 is 23.0 Å². The zero-order valence-electron chi connectivity index (χ0n) is 11.5. The summed E-state index contributed by atoms with van der Waals surface area (Å²) in [5, 5.41) is 0. The molecule has 1 fully saturated rings. The Kier molecular flexibility index (Phi) is 3.90. The molecule has 1 aliphatic rings. The van der Waals surface area contributed by atoms with Crippen molar-refractivity contribution in [1.82, 2.24) is 4.72 Å². The van der Waals surface area contributed by atoms with Crippen LogP contribution in [0.5, 0.6) is 0 Å². The summed E-state index contributed by atoms with van der Waals surface area (Å²) < 4.78 is 36.7. The van der Waals surface area contributed by atoms with Crippen molar-refractivity contribution in [2.75, 3.05) is 6.61 Å². The molecule has 6 nitrogen and oxygen atoms in total. The average molecular weight is 297 g/mol. The second-order valence-corrected chi connectivity index (χ2v) is 6.93. The third-order valence-corrected chi connectivity index (χ3v) is 4.20. The summed E-state index contributed by atoms with van der Waals surface area (Å²) in [7, 11) is -4.30. The molecule has 8 heteroatoms. The molecule has 1 aromatic rings. The van der Waals surface area contributed by atoms with Gasteiger partial charge in [0.05, 0.1) is 17.1 Å². The number of benzene rings is 1. The van der Waals surface area contributed by atoms with E-state index in [0.29, 0.717) is 6.61 Å². The van der Waals surface area contributed by atoms with Gasteiger partial charge in [0.2, 0.25) is 5.91 Å². The highest BCUT2D eigenvalue weighted by molar-refractivity contribution is 7.90. The first-order chi connectivity index (χ1) is 9.20. The Morgan fingerprint density at radius 1 is 1.30 bits per heavy atom. The minimum Gasteiger partial charge on any atom is -0.404 e. The Balaban J connectivity index is 2.17. The molecule has 1 saturated heterocycles. The summed E-state index contributed by atoms with van der Waals surface area (Å²) in [6, 6.07) is 6.05. The van der Waals surface area contributed by atoms with E-state index in [1.165, 1.54) is 12.1 Å². The van der Waals surface area contributed by atoms with Crippen LogP contribution < -0.4 is 10.2 Å². The van der Waals surface area contributed by atoms with E-state index in [9.17, 15) is 13.2 Å². The number of hydrogen-bond acceptors (Lipinski definition) is 5. The lowest BCUT2D eigenvalue weighted by Crippen LogP contribution is -2.35. The highest BCUT2D eigenvalue weighted by Gasteiger charge is 2.38. The predicted octanol–water partition coefficient (Wildman–Crippen LogP) is 0.0320. The van der Waals surface area contributed by atoms with Crippen molar-refractivity contribution in [1.29, 1.82) is 0 Å². The van der Waals surface area contributed by atoms with Crippen molar-refractivity contribution in [3.8, 4) is 0 Å². The van der Waals surface area contributed by atoms with Gasteiger partial charge in [-0.25, -0.2) is 13.1 Å². The van der Waals surface area contributed by atoms with Gasteiger partial charge in [-0.1, -0.05) is 12.1 Å². The standard InChI is InChI=1S/C12H16BNO5S/c1-9(15)14-20(16,17)11-6-4-10(5-7-11)13-18-8-12(2,3)19-13/h4-7H,8H2,1-3H3,(H,14,15). The molecule has 0 spiro atoms. The molecule has 0 aromatic heterocycles. The van der Waals surface area contributed by atoms with E-state index in [0.717, 1.165) is 12.4 Å². The average Bonchev–Trinajstić information content (AvgIpc) is 2.68. The van der Waals surface area contributed by atoms with Gasteiger partial charge in [0.15, 0.2) is 0 Å². The molecule has 1 heterocycles. The van der Waals surface area contributed by atoms with Gasteiger partial charge in [-0.05, 0) is 31.4 Å². The SMILES string of the molecule is CC(=O)NS(=O)(=O)c1ccc(B2OCC(C)(C)O2)cc1. The highest BCUT2D eigenvalue weighted by Crippen LogP contribution is 2.19. The fourth-order valence-corrected chi connectivity index (χ4v) is 2.84. The monoisotopic (exact) mass is 297 g/mol. The minimum absolute atomic E-state index is 0.0220. The van der Waals surface area contributed by atoms with Gasteiger partial charge >= 0.3 is 7.12 Å². The predicted molar refractivity (Wildman–Crippen MR) is 73.9 cm³/mol. The number of hydrogen-bond donors (Lipinski definition) is 1. The van der Waals surface area contributed by atoms with Gasteiger partial charge in [0.1, 0.15) is 0 Å². The molecule has 0 atom stereocenters. The summed E-state index contributed by atoms with van der Waals surface area (Å²) in [6.45, 7) is 5.46. The summed E-state index contributed by atoms with van der Waals surface area (Å²) in [4.78, 5) is 10.9. The third kappa shape index (κ3) is 3.39. The van der Waals surface area contributed by atoms with Crippen LogP contribution in [0.15, 0.2) is 29.2 Å². The number of nitrogens with one attached hydrogen (secondary N) is 1. The summed E-state index contributed by atoms with van der Waals surface area (Å²) >= 11 is 0. The molecule has 108 valence electrons. The number of carbonyl (C=O) groups excluding carboxylic acids is 1. The molecule has 0 saturated carbocycles. The highest BCUT2D eigenvalue weighted by atomic mass is 32.2. The van der Waals surface area contributed by atoms with Crippen molar-refractivity contribution in [3.63, 3.8) is 0 Å². The van der Waals surface area contributed by atoms with Crippen molar-refractivity contribution in [2.45, 2.75) is 31.3 Å². The first-order valence-corrected chi connectivity index (χ1v) is 7.61. The maximum absolute atomic E-state index is 11.8. The normalized spacial score (nSPS) is 18.1. The molecular weight excluding hydrogens is 281 g/mol. The van der Waals surface area contributed by atoms with E-state index in [2.05, 4.69) is 0 Å². The Labute approximate surface area is 118 Å². The topological polar surface area (TPSA) is 81.7 Å². The van der Waals surface area contributed by atoms with E-state index in [-0.39, 0.29) is 10.5 Å². The van der Waals surface area contributed by atoms with Crippen LogP contribution in [0.2, 0.25) is 0 Å². The lowest BCUT2D eigenvalue weighted by Gasteiger charge is -2.15. The Morgan fingerprint density at radius 3 is 2.35 bits per heavy atom. The van der Waals surface area contributed by atoms with Crippen molar-refractivity contribution in [3.05, 3.63) is 24.3 Å². The van der Waals surface area contributed by atoms with Crippen LogP contribution in [0.3, 0.4) is 0 Å². The summed E-state index contributed by atoms with van der Waals surface area (Å²) in [5.41, 5.74) is 0.378. The summed E-state index contributed by atoms with van der Waals surface area (Å²) in [5.74, 6) is -0.627. The first kappa shape index (κ1) is 15.0. The smallest absolute Gasteiger partial charge is 0.404 e. The molecule has 2 rings (SSSR count). The number of sulfonamides is 1. The molecular formula is C12H16BNO5S. The van der Waals surface area contributed by atoms with Gasteiger partial charge in [0, 0.05) is 6.92 Å². The van der Waals surface area contributed by atoms with Crippen LogP contribution in [-0.4, -0.2) is 33.7 Å². The molecule has 0 radical (unpaired) electrons. The van der Waals surface area contributed by atoms with Gasteiger partial charge in [0.25, 0.3) is 10.0 Å². The number of carbonyl (C=O) groups is 1.